The molecule has 0 spiro atoms. The molecule has 0 aromatic carbocycles. The van der Waals surface area contributed by atoms with Crippen molar-refractivity contribution < 1.29 is 9.90 Å². The predicted octanol–water partition coefficient (Wildman–Crippen LogP) is 0.661. The molecule has 0 radical (unpaired) electrons. The number of H-pyrrole nitrogens is 1. The van der Waals surface area contributed by atoms with E-state index < -0.39 is 5.60 Å². The van der Waals surface area contributed by atoms with Crippen molar-refractivity contribution in [3.8, 4) is 0 Å². The van der Waals surface area contributed by atoms with Crippen LogP contribution in [0.25, 0.3) is 0 Å². The van der Waals surface area contributed by atoms with E-state index in [1.54, 1.807) is 6.20 Å². The molecule has 1 aliphatic heterocycles. The first kappa shape index (κ1) is 12.3. The van der Waals surface area contributed by atoms with Crippen molar-refractivity contribution in [3.63, 3.8) is 0 Å². The average molecular weight is 276 g/mol. The van der Waals surface area contributed by atoms with Crippen LogP contribution in [0.4, 0.5) is 0 Å². The highest BCUT2D eigenvalue weighted by atomic mass is 16.3. The van der Waals surface area contributed by atoms with Gasteiger partial charge in [-0.1, -0.05) is 0 Å². The Hall–Kier alpha value is -1.43. The van der Waals surface area contributed by atoms with Crippen molar-refractivity contribution in [1.29, 1.82) is 0 Å². The number of aliphatic hydroxyl groups is 1. The maximum absolute atomic E-state index is 12.7. The second kappa shape index (κ2) is 4.28. The molecule has 2 saturated carbocycles. The van der Waals surface area contributed by atoms with E-state index in [4.69, 9.17) is 0 Å². The molecule has 1 amide bonds. The zero-order chi connectivity index (χ0) is 13.7. The number of rotatable bonds is 4. The minimum absolute atomic E-state index is 0.217. The number of aromatic amines is 1. The molecule has 2 aliphatic carbocycles. The SMILES string of the molecule is O=C(C(C1CC1)C1CC1)N1CC[C@@](O)(c2cn[nH]n2)C1. The van der Waals surface area contributed by atoms with Crippen molar-refractivity contribution in [3.05, 3.63) is 11.9 Å². The summed E-state index contributed by atoms with van der Waals surface area (Å²) in [5.41, 5.74) is -0.484. The molecule has 6 nitrogen and oxygen atoms in total. The van der Waals surface area contributed by atoms with E-state index in [-0.39, 0.29) is 11.8 Å². The van der Waals surface area contributed by atoms with Gasteiger partial charge in [0.2, 0.25) is 5.91 Å². The molecule has 1 aromatic rings. The molecule has 3 aliphatic rings. The molecular weight excluding hydrogens is 256 g/mol. The van der Waals surface area contributed by atoms with E-state index >= 15 is 0 Å². The van der Waals surface area contributed by atoms with Crippen molar-refractivity contribution in [2.75, 3.05) is 13.1 Å². The third-order valence-corrected chi connectivity index (χ3v) is 5.00. The van der Waals surface area contributed by atoms with Crippen LogP contribution in [0, 0.1) is 17.8 Å². The predicted molar refractivity (Wildman–Crippen MR) is 70.4 cm³/mol. The van der Waals surface area contributed by atoms with Gasteiger partial charge in [0.05, 0.1) is 12.7 Å². The van der Waals surface area contributed by atoms with Crippen LogP contribution in [0.3, 0.4) is 0 Å². The van der Waals surface area contributed by atoms with Crippen molar-refractivity contribution in [2.45, 2.75) is 37.7 Å². The van der Waals surface area contributed by atoms with Crippen LogP contribution in [0.5, 0.6) is 0 Å². The van der Waals surface area contributed by atoms with Gasteiger partial charge in [0, 0.05) is 18.9 Å². The number of β-amino-alcohol motifs (C(OH)–C–C–N with tert-alkyl or cyclic N) is 1. The Kier molecular flexibility index (Phi) is 2.64. The van der Waals surface area contributed by atoms with Gasteiger partial charge in [0.25, 0.3) is 0 Å². The molecular formula is C14H20N4O2. The Morgan fingerprint density at radius 3 is 2.65 bits per heavy atom. The van der Waals surface area contributed by atoms with Gasteiger partial charge in [0.15, 0.2) is 0 Å². The standard InChI is InChI=1S/C14H20N4O2/c19-13(12(9-1-2-9)10-3-4-10)18-6-5-14(20,8-18)11-7-15-17-16-11/h7,9-10,12,20H,1-6,8H2,(H,15,16,17)/t14-/m0/s1. The van der Waals surface area contributed by atoms with E-state index in [9.17, 15) is 9.90 Å². The highest BCUT2D eigenvalue weighted by Crippen LogP contribution is 2.50. The van der Waals surface area contributed by atoms with Crippen LogP contribution in [0.15, 0.2) is 6.20 Å². The Balaban J connectivity index is 1.48. The lowest BCUT2D eigenvalue weighted by atomic mass is 9.96. The summed E-state index contributed by atoms with van der Waals surface area (Å²) in [5, 5.41) is 20.9. The second-order valence-corrected chi connectivity index (χ2v) is 6.60. The quantitative estimate of drug-likeness (QED) is 0.846. The number of likely N-dealkylation sites (tertiary alicyclic amines) is 1. The monoisotopic (exact) mass is 276 g/mol. The fourth-order valence-electron chi connectivity index (χ4n) is 3.53. The summed E-state index contributed by atoms with van der Waals surface area (Å²) in [4.78, 5) is 14.6. The molecule has 1 atom stereocenters. The van der Waals surface area contributed by atoms with Crippen LogP contribution < -0.4 is 0 Å². The third kappa shape index (κ3) is 2.02. The largest absolute Gasteiger partial charge is 0.381 e. The molecule has 0 unspecified atom stereocenters. The molecule has 2 heterocycles. The van der Waals surface area contributed by atoms with Gasteiger partial charge in [-0.05, 0) is 37.5 Å². The Bertz CT molecular complexity index is 497. The Morgan fingerprint density at radius 2 is 2.10 bits per heavy atom. The summed E-state index contributed by atoms with van der Waals surface area (Å²) in [5.74, 6) is 1.69. The molecule has 3 fully saturated rings. The first-order chi connectivity index (χ1) is 9.67. The molecule has 20 heavy (non-hydrogen) atoms. The first-order valence-electron chi connectivity index (χ1n) is 7.55. The van der Waals surface area contributed by atoms with Crippen molar-refractivity contribution in [2.24, 2.45) is 17.8 Å². The normalized spacial score (nSPS) is 30.2. The Morgan fingerprint density at radius 1 is 1.40 bits per heavy atom. The fourth-order valence-corrected chi connectivity index (χ4v) is 3.53. The average Bonchev–Trinajstić information content (AvgIpc) is 3.35. The second-order valence-electron chi connectivity index (χ2n) is 6.60. The zero-order valence-corrected chi connectivity index (χ0v) is 11.5. The molecule has 108 valence electrons. The van der Waals surface area contributed by atoms with E-state index in [0.29, 0.717) is 37.0 Å². The van der Waals surface area contributed by atoms with Gasteiger partial charge >= 0.3 is 0 Å². The summed E-state index contributed by atoms with van der Waals surface area (Å²) < 4.78 is 0. The van der Waals surface area contributed by atoms with Crippen molar-refractivity contribution in [1.82, 2.24) is 20.3 Å². The van der Waals surface area contributed by atoms with E-state index in [0.717, 1.165) is 0 Å². The van der Waals surface area contributed by atoms with Gasteiger partial charge in [-0.15, -0.1) is 0 Å². The van der Waals surface area contributed by atoms with E-state index in [1.807, 2.05) is 4.90 Å². The molecule has 2 N–H and O–H groups in total. The van der Waals surface area contributed by atoms with E-state index in [2.05, 4.69) is 15.4 Å². The molecule has 4 rings (SSSR count). The number of amides is 1. The fraction of sp³-hybridized carbons (Fsp3) is 0.786. The maximum Gasteiger partial charge on any atom is 0.226 e. The van der Waals surface area contributed by atoms with E-state index in [1.165, 1.54) is 25.7 Å². The number of nitrogens with zero attached hydrogens (tertiary/aromatic N) is 3. The third-order valence-electron chi connectivity index (χ3n) is 5.00. The van der Waals surface area contributed by atoms with Crippen LogP contribution >= 0.6 is 0 Å². The minimum Gasteiger partial charge on any atom is -0.381 e. The topological polar surface area (TPSA) is 82.1 Å². The summed E-state index contributed by atoms with van der Waals surface area (Å²) in [6.07, 6.45) is 6.91. The lowest BCUT2D eigenvalue weighted by molar-refractivity contribution is -0.137. The lowest BCUT2D eigenvalue weighted by Crippen LogP contribution is -2.39. The van der Waals surface area contributed by atoms with Gasteiger partial charge in [-0.25, -0.2) is 0 Å². The van der Waals surface area contributed by atoms with Gasteiger partial charge in [0.1, 0.15) is 11.3 Å². The zero-order valence-electron chi connectivity index (χ0n) is 11.5. The molecule has 1 aromatic heterocycles. The summed E-state index contributed by atoms with van der Waals surface area (Å²) in [7, 11) is 0. The van der Waals surface area contributed by atoms with Gasteiger partial charge < -0.3 is 10.0 Å². The number of hydrogen-bond acceptors (Lipinski definition) is 4. The maximum atomic E-state index is 12.7. The van der Waals surface area contributed by atoms with Crippen LogP contribution in [-0.4, -0.2) is 44.4 Å². The lowest BCUT2D eigenvalue weighted by Gasteiger charge is -2.25. The number of carbonyl (C=O) groups excluding carboxylic acids is 1. The summed E-state index contributed by atoms with van der Waals surface area (Å²) in [6, 6.07) is 0. The minimum atomic E-state index is -1.03. The number of aromatic nitrogens is 3. The summed E-state index contributed by atoms with van der Waals surface area (Å²) >= 11 is 0. The molecule has 1 saturated heterocycles. The highest BCUT2D eigenvalue weighted by Gasteiger charge is 2.50. The van der Waals surface area contributed by atoms with Crippen LogP contribution in [0.2, 0.25) is 0 Å². The van der Waals surface area contributed by atoms with Gasteiger partial charge in [-0.3, -0.25) is 4.79 Å². The summed E-state index contributed by atoms with van der Waals surface area (Å²) in [6.45, 7) is 0.979. The number of carbonyl (C=O) groups is 1. The smallest absolute Gasteiger partial charge is 0.226 e. The van der Waals surface area contributed by atoms with Crippen LogP contribution in [-0.2, 0) is 10.4 Å². The first-order valence-corrected chi connectivity index (χ1v) is 7.55. The van der Waals surface area contributed by atoms with Gasteiger partial charge in [-0.2, -0.15) is 15.4 Å². The highest BCUT2D eigenvalue weighted by molar-refractivity contribution is 5.80. The Labute approximate surface area is 117 Å². The van der Waals surface area contributed by atoms with Crippen LogP contribution in [0.1, 0.15) is 37.8 Å². The number of nitrogens with one attached hydrogen (secondary N) is 1. The molecule has 0 bridgehead atoms. The molecule has 6 heteroatoms. The number of hydrogen-bond donors (Lipinski definition) is 2. The van der Waals surface area contributed by atoms with Crippen molar-refractivity contribution >= 4 is 5.91 Å².